The van der Waals surface area contributed by atoms with Gasteiger partial charge in [-0.1, -0.05) is 29.0 Å². The number of hydrogen-bond acceptors (Lipinski definition) is 7. The summed E-state index contributed by atoms with van der Waals surface area (Å²) in [5.74, 6) is 0.0610. The summed E-state index contributed by atoms with van der Waals surface area (Å²) >= 11 is 7.22. The normalized spacial score (nSPS) is 11.1. The standard InChI is InChI=1S/C23H17ClN4O4S/c1-15-2-11-20-21(12-15)33-23(26-20)27(22(29)14-32-19-9-5-17(24)6-10-19)25-13-16-3-7-18(8-4-16)28(30)31/h2-13H,14H2,1H3/b25-13+. The van der Waals surface area contributed by atoms with Crippen molar-refractivity contribution in [2.45, 2.75) is 6.92 Å². The molecule has 0 atom stereocenters. The molecule has 0 radical (unpaired) electrons. The average molecular weight is 481 g/mol. The van der Waals surface area contributed by atoms with Gasteiger partial charge in [-0.15, -0.1) is 0 Å². The molecule has 0 aliphatic heterocycles. The highest BCUT2D eigenvalue weighted by Crippen LogP contribution is 2.30. The topological polar surface area (TPSA) is 97.9 Å². The molecule has 1 aromatic heterocycles. The van der Waals surface area contributed by atoms with E-state index in [1.807, 2.05) is 25.1 Å². The molecule has 0 saturated carbocycles. The number of thiazole rings is 1. The molecule has 0 bridgehead atoms. The number of nitrogens with zero attached hydrogens (tertiary/aromatic N) is 4. The molecule has 0 unspecified atom stereocenters. The van der Waals surface area contributed by atoms with E-state index in [1.54, 1.807) is 36.4 Å². The van der Waals surface area contributed by atoms with Crippen LogP contribution in [0, 0.1) is 17.0 Å². The molecule has 4 aromatic rings. The zero-order valence-corrected chi connectivity index (χ0v) is 18.9. The van der Waals surface area contributed by atoms with Crippen molar-refractivity contribution in [1.29, 1.82) is 0 Å². The minimum Gasteiger partial charge on any atom is -0.484 e. The Morgan fingerprint density at radius 2 is 1.91 bits per heavy atom. The van der Waals surface area contributed by atoms with E-state index in [9.17, 15) is 14.9 Å². The number of aryl methyl sites for hydroxylation is 1. The second-order valence-corrected chi connectivity index (χ2v) is 8.45. The number of nitro benzene ring substituents is 1. The van der Waals surface area contributed by atoms with Gasteiger partial charge in [0.1, 0.15) is 5.75 Å². The number of carbonyl (C=O) groups excluding carboxylic acids is 1. The van der Waals surface area contributed by atoms with Crippen LogP contribution in [0.4, 0.5) is 10.8 Å². The highest BCUT2D eigenvalue weighted by atomic mass is 35.5. The molecule has 166 valence electrons. The fraction of sp³-hybridized carbons (Fsp3) is 0.0870. The number of non-ortho nitro benzene ring substituents is 1. The van der Waals surface area contributed by atoms with Gasteiger partial charge in [-0.05, 0) is 66.6 Å². The van der Waals surface area contributed by atoms with Gasteiger partial charge in [0.05, 0.1) is 21.4 Å². The molecular weight excluding hydrogens is 464 g/mol. The van der Waals surface area contributed by atoms with Gasteiger partial charge in [0.2, 0.25) is 5.13 Å². The number of hydrazone groups is 1. The van der Waals surface area contributed by atoms with Crippen LogP contribution in [0.2, 0.25) is 5.02 Å². The summed E-state index contributed by atoms with van der Waals surface area (Å²) in [5.41, 5.74) is 2.39. The summed E-state index contributed by atoms with van der Waals surface area (Å²) in [5, 5.41) is 17.3. The Morgan fingerprint density at radius 3 is 2.61 bits per heavy atom. The van der Waals surface area contributed by atoms with Crippen LogP contribution in [-0.2, 0) is 4.79 Å². The zero-order chi connectivity index (χ0) is 23.4. The first-order valence-electron chi connectivity index (χ1n) is 9.76. The molecule has 3 aromatic carbocycles. The molecule has 4 rings (SSSR count). The lowest BCUT2D eigenvalue weighted by Gasteiger charge is -2.14. The van der Waals surface area contributed by atoms with Gasteiger partial charge >= 0.3 is 0 Å². The van der Waals surface area contributed by atoms with Crippen LogP contribution in [0.5, 0.6) is 5.75 Å². The smallest absolute Gasteiger partial charge is 0.287 e. The number of ether oxygens (including phenoxy) is 1. The minimum absolute atomic E-state index is 0.0296. The van der Waals surface area contributed by atoms with Crippen LogP contribution in [0.25, 0.3) is 10.2 Å². The molecule has 1 heterocycles. The van der Waals surface area contributed by atoms with Gasteiger partial charge in [0.15, 0.2) is 6.61 Å². The second kappa shape index (κ2) is 9.76. The molecule has 0 fully saturated rings. The summed E-state index contributed by atoms with van der Waals surface area (Å²) in [4.78, 5) is 28.0. The molecule has 8 nitrogen and oxygen atoms in total. The molecule has 0 N–H and O–H groups in total. The summed E-state index contributed by atoms with van der Waals surface area (Å²) in [6, 6.07) is 18.3. The van der Waals surface area contributed by atoms with Crippen LogP contribution < -0.4 is 9.75 Å². The molecular formula is C23H17ClN4O4S. The molecule has 0 saturated heterocycles. The Bertz CT molecular complexity index is 1340. The van der Waals surface area contributed by atoms with Crippen LogP contribution in [0.15, 0.2) is 71.8 Å². The number of aromatic nitrogens is 1. The van der Waals surface area contributed by atoms with Gasteiger partial charge in [-0.3, -0.25) is 14.9 Å². The zero-order valence-electron chi connectivity index (χ0n) is 17.3. The fourth-order valence-corrected chi connectivity index (χ4v) is 4.04. The number of rotatable bonds is 7. The lowest BCUT2D eigenvalue weighted by atomic mass is 10.2. The number of anilines is 1. The van der Waals surface area contributed by atoms with Crippen molar-refractivity contribution in [3.63, 3.8) is 0 Å². The third kappa shape index (κ3) is 5.51. The quantitative estimate of drug-likeness (QED) is 0.194. The van der Waals surface area contributed by atoms with E-state index < -0.39 is 10.8 Å². The van der Waals surface area contributed by atoms with Gasteiger partial charge in [-0.2, -0.15) is 10.1 Å². The van der Waals surface area contributed by atoms with Crippen molar-refractivity contribution in [1.82, 2.24) is 4.98 Å². The number of benzene rings is 3. The predicted octanol–water partition coefficient (Wildman–Crippen LogP) is 5.61. The van der Waals surface area contributed by atoms with Gasteiger partial charge in [-0.25, -0.2) is 4.98 Å². The van der Waals surface area contributed by atoms with E-state index in [0.717, 1.165) is 15.8 Å². The van der Waals surface area contributed by atoms with Crippen LogP contribution in [0.1, 0.15) is 11.1 Å². The largest absolute Gasteiger partial charge is 0.484 e. The first kappa shape index (κ1) is 22.4. The number of nitro groups is 1. The molecule has 33 heavy (non-hydrogen) atoms. The highest BCUT2D eigenvalue weighted by Gasteiger charge is 2.20. The number of fused-ring (bicyclic) bond motifs is 1. The maximum absolute atomic E-state index is 13.0. The molecule has 1 amide bonds. The Morgan fingerprint density at radius 1 is 1.18 bits per heavy atom. The Hall–Kier alpha value is -3.82. The lowest BCUT2D eigenvalue weighted by Crippen LogP contribution is -2.30. The fourth-order valence-electron chi connectivity index (χ4n) is 2.87. The van der Waals surface area contributed by atoms with Crippen molar-refractivity contribution in [3.05, 3.63) is 93.0 Å². The monoisotopic (exact) mass is 480 g/mol. The minimum atomic E-state index is -0.478. The highest BCUT2D eigenvalue weighted by molar-refractivity contribution is 7.22. The van der Waals surface area contributed by atoms with E-state index in [1.165, 1.54) is 34.7 Å². The number of halogens is 1. The van der Waals surface area contributed by atoms with Crippen molar-refractivity contribution >= 4 is 56.1 Å². The van der Waals surface area contributed by atoms with Crippen molar-refractivity contribution in [2.24, 2.45) is 5.10 Å². The maximum Gasteiger partial charge on any atom is 0.287 e. The number of amides is 1. The van der Waals surface area contributed by atoms with Crippen LogP contribution in [-0.4, -0.2) is 28.6 Å². The van der Waals surface area contributed by atoms with Gasteiger partial charge in [0.25, 0.3) is 11.6 Å². The first-order valence-corrected chi connectivity index (χ1v) is 11.0. The average Bonchev–Trinajstić information content (AvgIpc) is 3.22. The van der Waals surface area contributed by atoms with Gasteiger partial charge < -0.3 is 4.74 Å². The Kier molecular flexibility index (Phi) is 6.62. The Labute approximate surface area is 197 Å². The van der Waals surface area contributed by atoms with Crippen molar-refractivity contribution in [2.75, 3.05) is 11.6 Å². The first-order chi connectivity index (χ1) is 15.9. The van der Waals surface area contributed by atoms with Crippen LogP contribution >= 0.6 is 22.9 Å². The maximum atomic E-state index is 13.0. The molecule has 10 heteroatoms. The van der Waals surface area contributed by atoms with E-state index in [2.05, 4.69) is 10.1 Å². The second-order valence-electron chi connectivity index (χ2n) is 7.01. The third-order valence-corrected chi connectivity index (χ3v) is 5.80. The van der Waals surface area contributed by atoms with E-state index in [-0.39, 0.29) is 12.3 Å². The van der Waals surface area contributed by atoms with E-state index >= 15 is 0 Å². The third-order valence-electron chi connectivity index (χ3n) is 4.55. The SMILES string of the molecule is Cc1ccc2nc(N(/N=C/c3ccc([N+](=O)[O-])cc3)C(=O)COc3ccc(Cl)cc3)sc2c1. The summed E-state index contributed by atoms with van der Waals surface area (Å²) in [6.45, 7) is 1.71. The van der Waals surface area contributed by atoms with Crippen LogP contribution in [0.3, 0.4) is 0 Å². The van der Waals surface area contributed by atoms with Crippen molar-refractivity contribution in [3.8, 4) is 5.75 Å². The Balaban J connectivity index is 1.60. The number of carbonyl (C=O) groups is 1. The lowest BCUT2D eigenvalue weighted by molar-refractivity contribution is -0.384. The van der Waals surface area contributed by atoms with Crippen molar-refractivity contribution < 1.29 is 14.5 Å². The summed E-state index contributed by atoms with van der Waals surface area (Å²) < 4.78 is 6.51. The number of hydrogen-bond donors (Lipinski definition) is 0. The van der Waals surface area contributed by atoms with E-state index in [0.29, 0.717) is 21.5 Å². The molecule has 0 aliphatic carbocycles. The molecule has 0 spiro atoms. The summed E-state index contributed by atoms with van der Waals surface area (Å²) in [7, 11) is 0. The van der Waals surface area contributed by atoms with E-state index in [4.69, 9.17) is 16.3 Å². The predicted molar refractivity (Wildman–Crippen MR) is 129 cm³/mol. The summed E-state index contributed by atoms with van der Waals surface area (Å²) in [6.07, 6.45) is 1.45. The van der Waals surface area contributed by atoms with Gasteiger partial charge in [0, 0.05) is 17.2 Å². The molecule has 0 aliphatic rings.